The molecule has 40 heavy (non-hydrogen) atoms. The van der Waals surface area contributed by atoms with Crippen LogP contribution in [0.1, 0.15) is 43.0 Å². The summed E-state index contributed by atoms with van der Waals surface area (Å²) < 4.78 is 42.6. The molecular weight excluding hydrogens is 529 g/mol. The van der Waals surface area contributed by atoms with Gasteiger partial charge in [-0.25, -0.2) is 12.8 Å². The highest BCUT2D eigenvalue weighted by molar-refractivity contribution is 7.92. The fraction of sp³-hybridized carbons (Fsp3) is 0.355. The second kappa shape index (κ2) is 13.1. The van der Waals surface area contributed by atoms with Crippen molar-refractivity contribution in [2.75, 3.05) is 17.4 Å². The van der Waals surface area contributed by atoms with Gasteiger partial charge in [0.2, 0.25) is 11.8 Å². The standard InChI is InChI=1S/C31H38FN3O4S/c1-21(2)18-33-31(37)25(6)34(19-26-12-14-27(32)15-13-26)30(36)20-35(29-9-7-8-23(4)24(29)5)40(38,39)28-16-10-22(3)11-17-28/h7-17,21,25H,18-20H2,1-6H3,(H,33,37). The maximum atomic E-state index is 14.0. The van der Waals surface area contributed by atoms with E-state index in [1.807, 2.05) is 40.7 Å². The number of carbonyl (C=O) groups excluding carboxylic acids is 2. The number of hydrogen-bond acceptors (Lipinski definition) is 4. The van der Waals surface area contributed by atoms with Gasteiger partial charge in [-0.2, -0.15) is 0 Å². The van der Waals surface area contributed by atoms with Gasteiger partial charge in [0.05, 0.1) is 10.6 Å². The third-order valence-electron chi connectivity index (χ3n) is 6.85. The van der Waals surface area contributed by atoms with Crippen molar-refractivity contribution in [2.45, 2.75) is 59.0 Å². The Balaban J connectivity index is 2.05. The van der Waals surface area contributed by atoms with Crippen LogP contribution < -0.4 is 9.62 Å². The van der Waals surface area contributed by atoms with Crippen LogP contribution in [-0.4, -0.2) is 44.3 Å². The highest BCUT2D eigenvalue weighted by atomic mass is 32.2. The number of aryl methyl sites for hydroxylation is 2. The maximum Gasteiger partial charge on any atom is 0.264 e. The van der Waals surface area contributed by atoms with Crippen LogP contribution in [-0.2, 0) is 26.2 Å². The predicted molar refractivity (Wildman–Crippen MR) is 156 cm³/mol. The lowest BCUT2D eigenvalue weighted by Gasteiger charge is -2.32. The SMILES string of the molecule is Cc1ccc(S(=O)(=O)N(CC(=O)N(Cc2ccc(F)cc2)C(C)C(=O)NCC(C)C)c2cccc(C)c2C)cc1. The van der Waals surface area contributed by atoms with Crippen LogP contribution in [0.4, 0.5) is 10.1 Å². The molecule has 0 aliphatic heterocycles. The lowest BCUT2D eigenvalue weighted by molar-refractivity contribution is -0.139. The molecule has 1 unspecified atom stereocenters. The molecule has 0 spiro atoms. The van der Waals surface area contributed by atoms with E-state index < -0.39 is 34.3 Å². The molecule has 7 nitrogen and oxygen atoms in total. The molecule has 3 rings (SSSR count). The van der Waals surface area contributed by atoms with Crippen molar-refractivity contribution in [3.63, 3.8) is 0 Å². The van der Waals surface area contributed by atoms with E-state index in [1.54, 1.807) is 43.3 Å². The number of amides is 2. The summed E-state index contributed by atoms with van der Waals surface area (Å²) >= 11 is 0. The minimum absolute atomic E-state index is 0.000593. The number of hydrogen-bond donors (Lipinski definition) is 1. The van der Waals surface area contributed by atoms with E-state index in [4.69, 9.17) is 0 Å². The first-order valence-corrected chi connectivity index (χ1v) is 14.7. The Morgan fingerprint density at radius 1 is 0.900 bits per heavy atom. The Kier molecular flexibility index (Phi) is 10.1. The number of rotatable bonds is 11. The summed E-state index contributed by atoms with van der Waals surface area (Å²) in [5, 5.41) is 2.85. The minimum Gasteiger partial charge on any atom is -0.354 e. The van der Waals surface area contributed by atoms with E-state index in [1.165, 1.54) is 29.2 Å². The van der Waals surface area contributed by atoms with Gasteiger partial charge in [0.15, 0.2) is 0 Å². The first-order valence-electron chi connectivity index (χ1n) is 13.3. The van der Waals surface area contributed by atoms with Gasteiger partial charge in [-0.15, -0.1) is 0 Å². The summed E-state index contributed by atoms with van der Waals surface area (Å²) in [6.45, 7) is 11.0. The summed E-state index contributed by atoms with van der Waals surface area (Å²) in [5.41, 5.74) is 3.49. The molecule has 0 fully saturated rings. The van der Waals surface area contributed by atoms with Gasteiger partial charge in [0, 0.05) is 13.1 Å². The van der Waals surface area contributed by atoms with E-state index >= 15 is 0 Å². The first kappa shape index (κ1) is 30.8. The third-order valence-corrected chi connectivity index (χ3v) is 8.62. The zero-order valence-electron chi connectivity index (χ0n) is 23.9. The molecule has 0 aliphatic carbocycles. The van der Waals surface area contributed by atoms with Crippen LogP contribution in [0.3, 0.4) is 0 Å². The summed E-state index contributed by atoms with van der Waals surface area (Å²) in [7, 11) is -4.15. The Labute approximate surface area is 237 Å². The zero-order valence-corrected chi connectivity index (χ0v) is 24.8. The molecule has 0 aliphatic rings. The van der Waals surface area contributed by atoms with E-state index in [-0.39, 0.29) is 23.3 Å². The van der Waals surface area contributed by atoms with Crippen LogP contribution in [0, 0.1) is 32.5 Å². The topological polar surface area (TPSA) is 86.8 Å². The molecule has 1 atom stereocenters. The van der Waals surface area contributed by atoms with Crippen molar-refractivity contribution < 1.29 is 22.4 Å². The molecule has 3 aromatic rings. The Bertz CT molecular complexity index is 1440. The van der Waals surface area contributed by atoms with E-state index in [0.29, 0.717) is 17.8 Å². The minimum atomic E-state index is -4.15. The number of nitrogens with one attached hydrogen (secondary N) is 1. The van der Waals surface area contributed by atoms with Gasteiger partial charge in [-0.05, 0) is 80.6 Å². The molecule has 0 saturated carbocycles. The van der Waals surface area contributed by atoms with Gasteiger partial charge in [0.1, 0.15) is 18.4 Å². The third kappa shape index (κ3) is 7.47. The number of benzene rings is 3. The van der Waals surface area contributed by atoms with Crippen molar-refractivity contribution in [3.8, 4) is 0 Å². The van der Waals surface area contributed by atoms with Gasteiger partial charge < -0.3 is 10.2 Å². The Hall–Kier alpha value is -3.72. The molecule has 0 saturated heterocycles. The van der Waals surface area contributed by atoms with Crippen molar-refractivity contribution in [1.82, 2.24) is 10.2 Å². The summed E-state index contributed by atoms with van der Waals surface area (Å²) in [6, 6.07) is 16.5. The second-order valence-electron chi connectivity index (χ2n) is 10.5. The number of sulfonamides is 1. The van der Waals surface area contributed by atoms with Crippen molar-refractivity contribution in [1.29, 1.82) is 0 Å². The summed E-state index contributed by atoms with van der Waals surface area (Å²) in [5.74, 6) is -1.14. The Morgan fingerprint density at radius 2 is 1.52 bits per heavy atom. The van der Waals surface area contributed by atoms with Crippen LogP contribution in [0.15, 0.2) is 71.6 Å². The van der Waals surface area contributed by atoms with Crippen molar-refractivity contribution >= 4 is 27.5 Å². The smallest absolute Gasteiger partial charge is 0.264 e. The predicted octanol–water partition coefficient (Wildman–Crippen LogP) is 5.14. The van der Waals surface area contributed by atoms with Crippen LogP contribution in [0.2, 0.25) is 0 Å². The monoisotopic (exact) mass is 567 g/mol. The number of halogens is 1. The fourth-order valence-electron chi connectivity index (χ4n) is 4.18. The quantitative estimate of drug-likeness (QED) is 0.348. The second-order valence-corrected chi connectivity index (χ2v) is 12.4. The average Bonchev–Trinajstić information content (AvgIpc) is 2.91. The first-order chi connectivity index (χ1) is 18.8. The lowest BCUT2D eigenvalue weighted by Crippen LogP contribution is -2.51. The summed E-state index contributed by atoms with van der Waals surface area (Å²) in [4.78, 5) is 28.4. The molecule has 0 aromatic heterocycles. The van der Waals surface area contributed by atoms with E-state index in [9.17, 15) is 22.4 Å². The van der Waals surface area contributed by atoms with Crippen LogP contribution in [0.25, 0.3) is 0 Å². The normalized spacial score (nSPS) is 12.2. The molecule has 0 bridgehead atoms. The number of anilines is 1. The Morgan fingerprint density at radius 3 is 2.12 bits per heavy atom. The highest BCUT2D eigenvalue weighted by Gasteiger charge is 2.33. The zero-order chi connectivity index (χ0) is 29.6. The van der Waals surface area contributed by atoms with E-state index in [0.717, 1.165) is 21.0 Å². The maximum absolute atomic E-state index is 14.0. The highest BCUT2D eigenvalue weighted by Crippen LogP contribution is 2.29. The molecular formula is C31H38FN3O4S. The van der Waals surface area contributed by atoms with Crippen LogP contribution in [0.5, 0.6) is 0 Å². The van der Waals surface area contributed by atoms with E-state index in [2.05, 4.69) is 5.32 Å². The lowest BCUT2D eigenvalue weighted by atomic mass is 10.1. The van der Waals surface area contributed by atoms with Gasteiger partial charge in [-0.3, -0.25) is 13.9 Å². The van der Waals surface area contributed by atoms with Crippen molar-refractivity contribution in [2.24, 2.45) is 5.92 Å². The molecule has 3 aromatic carbocycles. The largest absolute Gasteiger partial charge is 0.354 e. The molecule has 1 N–H and O–H groups in total. The van der Waals surface area contributed by atoms with Crippen molar-refractivity contribution in [3.05, 3.63) is 94.8 Å². The molecule has 214 valence electrons. The van der Waals surface area contributed by atoms with Gasteiger partial charge >= 0.3 is 0 Å². The molecule has 2 amide bonds. The molecule has 0 radical (unpaired) electrons. The summed E-state index contributed by atoms with van der Waals surface area (Å²) in [6.07, 6.45) is 0. The molecule has 0 heterocycles. The van der Waals surface area contributed by atoms with Gasteiger partial charge in [0.25, 0.3) is 10.0 Å². The van der Waals surface area contributed by atoms with Gasteiger partial charge in [-0.1, -0.05) is 55.8 Å². The number of carbonyl (C=O) groups is 2. The number of nitrogens with zero attached hydrogens (tertiary/aromatic N) is 2. The fourth-order valence-corrected chi connectivity index (χ4v) is 5.65. The molecule has 9 heteroatoms. The van der Waals surface area contributed by atoms with Crippen LogP contribution >= 0.6 is 0 Å². The average molecular weight is 568 g/mol.